The minimum atomic E-state index is -0.249. The second-order valence-electron chi connectivity index (χ2n) is 12.7. The molecule has 0 aromatic carbocycles. The lowest BCUT2D eigenvalue weighted by Crippen LogP contribution is -2.32. The maximum Gasteiger partial charge on any atom is 0.246 e. The molecule has 0 saturated heterocycles. The fourth-order valence-electron chi connectivity index (χ4n) is 4.71. The summed E-state index contributed by atoms with van der Waals surface area (Å²) in [6.45, 7) is 10.4. The highest BCUT2D eigenvalue weighted by Crippen LogP contribution is 2.13. The molecule has 0 atom stereocenters. The summed E-state index contributed by atoms with van der Waals surface area (Å²) in [4.78, 5) is 47.2. The van der Waals surface area contributed by atoms with E-state index in [1.807, 2.05) is 0 Å². The Balaban J connectivity index is 3.37. The van der Waals surface area contributed by atoms with Gasteiger partial charge in [-0.3, -0.25) is 19.2 Å². The van der Waals surface area contributed by atoms with E-state index in [1.165, 1.54) is 57.8 Å². The average molecular weight is 687 g/mol. The Morgan fingerprint density at radius 2 is 0.833 bits per heavy atom. The Labute approximate surface area is 291 Å². The molecule has 0 unspecified atom stereocenters. The van der Waals surface area contributed by atoms with Gasteiger partial charge in [-0.25, -0.2) is 0 Å². The van der Waals surface area contributed by atoms with Crippen molar-refractivity contribution in [3.05, 3.63) is 0 Å². The number of rotatable bonds is 36. The van der Waals surface area contributed by atoms with E-state index in [1.54, 1.807) is 0 Å². The van der Waals surface area contributed by atoms with E-state index in [2.05, 4.69) is 42.0 Å². The Hall–Kier alpha value is -2.28. The van der Waals surface area contributed by atoms with Crippen LogP contribution in [0.2, 0.25) is 0 Å². The van der Waals surface area contributed by atoms with Crippen molar-refractivity contribution < 1.29 is 38.1 Å². The van der Waals surface area contributed by atoms with Crippen molar-refractivity contribution in [2.75, 3.05) is 79.0 Å². The van der Waals surface area contributed by atoms with Crippen molar-refractivity contribution in [1.29, 1.82) is 0 Å². The highest BCUT2D eigenvalue weighted by Gasteiger charge is 2.05. The van der Waals surface area contributed by atoms with Gasteiger partial charge in [-0.15, -0.1) is 0 Å². The predicted molar refractivity (Wildman–Crippen MR) is 190 cm³/mol. The van der Waals surface area contributed by atoms with Crippen molar-refractivity contribution >= 4 is 23.6 Å². The zero-order chi connectivity index (χ0) is 35.3. The largest absolute Gasteiger partial charge is 0.377 e. The Morgan fingerprint density at radius 1 is 0.438 bits per heavy atom. The number of hydrogen-bond acceptors (Lipinski definition) is 8. The topological polar surface area (TPSA) is 153 Å². The van der Waals surface area contributed by atoms with Crippen LogP contribution in [-0.2, 0) is 38.1 Å². The Kier molecular flexibility index (Phi) is 34.3. The van der Waals surface area contributed by atoms with Gasteiger partial charge in [0.1, 0.15) is 13.2 Å². The number of amides is 4. The molecule has 0 bridgehead atoms. The van der Waals surface area contributed by atoms with E-state index < -0.39 is 0 Å². The van der Waals surface area contributed by atoms with Crippen LogP contribution in [0.5, 0.6) is 0 Å². The zero-order valence-corrected chi connectivity index (χ0v) is 30.6. The summed E-state index contributed by atoms with van der Waals surface area (Å²) in [7, 11) is 0. The fourth-order valence-corrected chi connectivity index (χ4v) is 4.71. The quantitative estimate of drug-likeness (QED) is 0.0707. The summed E-state index contributed by atoms with van der Waals surface area (Å²) < 4.78 is 21.3. The van der Waals surface area contributed by atoms with Gasteiger partial charge in [0.25, 0.3) is 0 Å². The smallest absolute Gasteiger partial charge is 0.246 e. The lowest BCUT2D eigenvalue weighted by molar-refractivity contribution is -0.127. The molecule has 48 heavy (non-hydrogen) atoms. The normalized spacial score (nSPS) is 11.1. The van der Waals surface area contributed by atoms with Crippen molar-refractivity contribution in [3.63, 3.8) is 0 Å². The van der Waals surface area contributed by atoms with E-state index in [0.29, 0.717) is 78.5 Å². The summed E-state index contributed by atoms with van der Waals surface area (Å²) in [5.41, 5.74) is 0. The molecule has 4 amide bonds. The lowest BCUT2D eigenvalue weighted by Gasteiger charge is -2.09. The fraction of sp³-hybridized carbons (Fsp3) is 0.889. The summed E-state index contributed by atoms with van der Waals surface area (Å²) in [5.74, 6) is 0.440. The molecule has 0 aliphatic rings. The van der Waals surface area contributed by atoms with Crippen LogP contribution >= 0.6 is 0 Å². The van der Waals surface area contributed by atoms with Crippen LogP contribution in [0.1, 0.15) is 124 Å². The van der Waals surface area contributed by atoms with E-state index >= 15 is 0 Å². The van der Waals surface area contributed by atoms with E-state index in [0.717, 1.165) is 31.6 Å². The van der Waals surface area contributed by atoms with Gasteiger partial charge >= 0.3 is 0 Å². The average Bonchev–Trinajstić information content (AvgIpc) is 3.06. The lowest BCUT2D eigenvalue weighted by atomic mass is 10.0. The first-order chi connectivity index (χ1) is 23.3. The molecule has 0 rings (SSSR count). The molecule has 12 nitrogen and oxygen atoms in total. The molecule has 0 aliphatic carbocycles. The maximum atomic E-state index is 12.0. The minimum Gasteiger partial charge on any atom is -0.377 e. The Morgan fingerprint density at radius 3 is 1.35 bits per heavy atom. The molecule has 282 valence electrons. The number of ether oxygens (including phenoxy) is 4. The van der Waals surface area contributed by atoms with Crippen LogP contribution in [-0.4, -0.2) is 103 Å². The maximum absolute atomic E-state index is 12.0. The second-order valence-corrected chi connectivity index (χ2v) is 12.7. The van der Waals surface area contributed by atoms with Crippen molar-refractivity contribution in [2.24, 2.45) is 5.92 Å². The van der Waals surface area contributed by atoms with E-state index in [9.17, 15) is 19.2 Å². The van der Waals surface area contributed by atoms with Crippen LogP contribution in [0.3, 0.4) is 0 Å². The van der Waals surface area contributed by atoms with Gasteiger partial charge in [-0.1, -0.05) is 91.4 Å². The summed E-state index contributed by atoms with van der Waals surface area (Å²) in [5, 5.41) is 11.2. The van der Waals surface area contributed by atoms with Gasteiger partial charge in [0.05, 0.1) is 39.6 Å². The third-order valence-corrected chi connectivity index (χ3v) is 7.54. The third-order valence-electron chi connectivity index (χ3n) is 7.54. The Bertz CT molecular complexity index is 785. The SMILES string of the molecule is CCCCNC(=O)COCCOCCNC(=O)COCCOCCNC(=O)CCCNC(=O)CCCCCCCCCCCCC(C)C. The molecule has 0 spiro atoms. The number of hydrogen-bond donors (Lipinski definition) is 4. The highest BCUT2D eigenvalue weighted by atomic mass is 16.5. The number of carbonyl (C=O) groups is 4. The molecule has 0 heterocycles. The van der Waals surface area contributed by atoms with Crippen LogP contribution in [0.15, 0.2) is 0 Å². The van der Waals surface area contributed by atoms with Gasteiger partial charge in [-0.05, 0) is 25.2 Å². The number of unbranched alkanes of at least 4 members (excludes halogenated alkanes) is 10. The monoisotopic (exact) mass is 687 g/mol. The molecule has 4 N–H and O–H groups in total. The van der Waals surface area contributed by atoms with Crippen LogP contribution < -0.4 is 21.3 Å². The first kappa shape index (κ1) is 45.7. The molecule has 0 aliphatic heterocycles. The molecule has 0 aromatic rings. The molecule has 0 saturated carbocycles. The predicted octanol–water partition coefficient (Wildman–Crippen LogP) is 4.44. The summed E-state index contributed by atoms with van der Waals surface area (Å²) in [6, 6.07) is 0. The first-order valence-electron chi connectivity index (χ1n) is 18.7. The molecule has 0 aromatic heterocycles. The molecule has 12 heteroatoms. The summed E-state index contributed by atoms with van der Waals surface area (Å²) >= 11 is 0. The van der Waals surface area contributed by atoms with Gasteiger partial charge in [0.15, 0.2) is 0 Å². The van der Waals surface area contributed by atoms with Gasteiger partial charge in [0, 0.05) is 39.0 Å². The zero-order valence-electron chi connectivity index (χ0n) is 30.6. The van der Waals surface area contributed by atoms with Crippen LogP contribution in [0.25, 0.3) is 0 Å². The summed E-state index contributed by atoms with van der Waals surface area (Å²) in [6.07, 6.45) is 17.4. The van der Waals surface area contributed by atoms with E-state index in [-0.39, 0.29) is 43.4 Å². The number of carbonyl (C=O) groups excluding carboxylic acids is 4. The van der Waals surface area contributed by atoms with Gasteiger partial charge in [-0.2, -0.15) is 0 Å². The third kappa shape index (κ3) is 36.6. The van der Waals surface area contributed by atoms with Crippen molar-refractivity contribution in [2.45, 2.75) is 124 Å². The standard InChI is InChI=1S/C36H70N4O8/c1-4-5-20-38-35(43)30-47-28-27-46-25-23-40-36(44)31-48-29-26-45-24-22-39-34(42)19-16-21-37-33(41)18-15-13-11-9-7-6-8-10-12-14-17-32(2)3/h32H,4-31H2,1-3H3,(H,37,41)(H,38,43)(H,39,42)(H,40,44). The van der Waals surface area contributed by atoms with Crippen LogP contribution in [0, 0.1) is 5.92 Å². The van der Waals surface area contributed by atoms with Crippen LogP contribution in [0.4, 0.5) is 0 Å². The minimum absolute atomic E-state index is 0.0147. The van der Waals surface area contributed by atoms with E-state index in [4.69, 9.17) is 18.9 Å². The van der Waals surface area contributed by atoms with Gasteiger partial charge < -0.3 is 40.2 Å². The molecular formula is C36H70N4O8. The number of nitrogens with one attached hydrogen (secondary N) is 4. The van der Waals surface area contributed by atoms with Gasteiger partial charge in [0.2, 0.25) is 23.6 Å². The molecule has 0 fully saturated rings. The highest BCUT2D eigenvalue weighted by molar-refractivity contribution is 5.77. The first-order valence-corrected chi connectivity index (χ1v) is 18.7. The van der Waals surface area contributed by atoms with Crippen molar-refractivity contribution in [3.8, 4) is 0 Å². The second kappa shape index (κ2) is 36.0. The molecular weight excluding hydrogens is 616 g/mol. The van der Waals surface area contributed by atoms with Crippen molar-refractivity contribution in [1.82, 2.24) is 21.3 Å². The molecule has 0 radical (unpaired) electrons.